The molecular formula is C14H21ClN3O3+. The third kappa shape index (κ3) is 7.53. The summed E-state index contributed by atoms with van der Waals surface area (Å²) in [6.45, 7) is 1.47. The summed E-state index contributed by atoms with van der Waals surface area (Å²) in [7, 11) is 3.42. The fourth-order valence-electron chi connectivity index (χ4n) is 1.57. The van der Waals surface area contributed by atoms with Gasteiger partial charge in [0, 0.05) is 12.1 Å². The maximum atomic E-state index is 11.6. The lowest BCUT2D eigenvalue weighted by Crippen LogP contribution is -3.10. The van der Waals surface area contributed by atoms with Crippen molar-refractivity contribution in [1.29, 1.82) is 0 Å². The van der Waals surface area contributed by atoms with Crippen LogP contribution in [-0.2, 0) is 9.59 Å². The number of likely N-dealkylation sites (N-methyl/N-ethyl adjacent to an activating group) is 2. The number of ether oxygens (including phenoxy) is 1. The van der Waals surface area contributed by atoms with E-state index >= 15 is 0 Å². The first kappa shape index (κ1) is 17.3. The van der Waals surface area contributed by atoms with Gasteiger partial charge in [-0.05, 0) is 24.3 Å². The molecule has 1 atom stereocenters. The summed E-state index contributed by atoms with van der Waals surface area (Å²) in [4.78, 5) is 23.6. The molecule has 0 saturated heterocycles. The molecule has 7 heteroatoms. The van der Waals surface area contributed by atoms with Gasteiger partial charge in [-0.3, -0.25) is 9.59 Å². The highest BCUT2D eigenvalue weighted by Gasteiger charge is 2.10. The predicted molar refractivity (Wildman–Crippen MR) is 80.6 cm³/mol. The number of hydrogen-bond donors (Lipinski definition) is 3. The summed E-state index contributed by atoms with van der Waals surface area (Å²) in [6.07, 6.45) is 0. The van der Waals surface area contributed by atoms with Crippen molar-refractivity contribution < 1.29 is 19.2 Å². The van der Waals surface area contributed by atoms with Crippen molar-refractivity contribution in [2.24, 2.45) is 0 Å². The highest BCUT2D eigenvalue weighted by Crippen LogP contribution is 2.14. The number of hydrogen-bond acceptors (Lipinski definition) is 3. The van der Waals surface area contributed by atoms with Gasteiger partial charge in [-0.15, -0.1) is 0 Å². The van der Waals surface area contributed by atoms with Gasteiger partial charge >= 0.3 is 0 Å². The van der Waals surface area contributed by atoms with E-state index in [9.17, 15) is 9.59 Å². The molecule has 1 rings (SSSR count). The topological polar surface area (TPSA) is 71.9 Å². The molecule has 0 radical (unpaired) electrons. The second-order valence-corrected chi connectivity index (χ2v) is 5.07. The SMILES string of the molecule is CNC(=O)CNC(=O)C[NH+](C)CCOc1ccc(Cl)cc1. The summed E-state index contributed by atoms with van der Waals surface area (Å²) < 4.78 is 5.55. The molecule has 3 N–H and O–H groups in total. The Hall–Kier alpha value is -1.79. The van der Waals surface area contributed by atoms with Gasteiger partial charge in [0.15, 0.2) is 6.54 Å². The van der Waals surface area contributed by atoms with E-state index in [0.29, 0.717) is 24.7 Å². The average Bonchev–Trinajstić information content (AvgIpc) is 2.46. The molecule has 116 valence electrons. The Morgan fingerprint density at radius 3 is 2.52 bits per heavy atom. The van der Waals surface area contributed by atoms with Crippen LogP contribution in [-0.4, -0.2) is 52.2 Å². The van der Waals surface area contributed by atoms with Crippen LogP contribution in [0.1, 0.15) is 0 Å². The van der Waals surface area contributed by atoms with Crippen LogP contribution >= 0.6 is 11.6 Å². The summed E-state index contributed by atoms with van der Waals surface area (Å²) in [5, 5.41) is 5.66. The van der Waals surface area contributed by atoms with Crippen LogP contribution in [0.25, 0.3) is 0 Å². The monoisotopic (exact) mass is 314 g/mol. The van der Waals surface area contributed by atoms with E-state index in [1.807, 2.05) is 7.05 Å². The molecule has 0 spiro atoms. The predicted octanol–water partition coefficient (Wildman–Crippen LogP) is -0.904. The molecule has 0 saturated carbocycles. The Morgan fingerprint density at radius 1 is 1.24 bits per heavy atom. The van der Waals surface area contributed by atoms with Crippen molar-refractivity contribution in [1.82, 2.24) is 10.6 Å². The number of amides is 2. The maximum Gasteiger partial charge on any atom is 0.275 e. The summed E-state index contributed by atoms with van der Waals surface area (Å²) in [5.41, 5.74) is 0. The molecule has 1 aromatic carbocycles. The van der Waals surface area contributed by atoms with Crippen molar-refractivity contribution in [2.45, 2.75) is 0 Å². The van der Waals surface area contributed by atoms with E-state index in [2.05, 4.69) is 10.6 Å². The minimum absolute atomic E-state index is 0.00386. The van der Waals surface area contributed by atoms with Crippen LogP contribution in [0.2, 0.25) is 5.02 Å². The van der Waals surface area contributed by atoms with E-state index in [1.54, 1.807) is 24.3 Å². The smallest absolute Gasteiger partial charge is 0.275 e. The van der Waals surface area contributed by atoms with Crippen molar-refractivity contribution in [3.63, 3.8) is 0 Å². The van der Waals surface area contributed by atoms with Gasteiger partial charge in [-0.1, -0.05) is 11.6 Å². The first-order chi connectivity index (χ1) is 10.0. The van der Waals surface area contributed by atoms with Crippen molar-refractivity contribution in [3.8, 4) is 5.75 Å². The number of carbonyl (C=O) groups is 2. The third-order valence-electron chi connectivity index (χ3n) is 2.80. The fourth-order valence-corrected chi connectivity index (χ4v) is 1.69. The molecule has 21 heavy (non-hydrogen) atoms. The Kier molecular flexibility index (Phi) is 7.56. The largest absolute Gasteiger partial charge is 0.488 e. The number of quaternary nitrogens is 1. The Balaban J connectivity index is 2.18. The third-order valence-corrected chi connectivity index (χ3v) is 3.05. The zero-order chi connectivity index (χ0) is 15.7. The standard InChI is InChI=1S/C14H20ClN3O3/c1-16-13(19)9-17-14(20)10-18(2)7-8-21-12-5-3-11(15)4-6-12/h3-6H,7-10H2,1-2H3,(H,16,19)(H,17,20)/p+1. The molecule has 1 unspecified atom stereocenters. The molecule has 0 aliphatic rings. The minimum Gasteiger partial charge on any atom is -0.488 e. The van der Waals surface area contributed by atoms with Gasteiger partial charge in [0.25, 0.3) is 5.91 Å². The molecule has 0 fully saturated rings. The summed E-state index contributed by atoms with van der Waals surface area (Å²) in [6, 6.07) is 7.13. The van der Waals surface area contributed by atoms with E-state index in [4.69, 9.17) is 16.3 Å². The van der Waals surface area contributed by atoms with Crippen LogP contribution < -0.4 is 20.3 Å². The van der Waals surface area contributed by atoms with Crippen LogP contribution in [0.15, 0.2) is 24.3 Å². The second kappa shape index (κ2) is 9.20. The Bertz CT molecular complexity index is 465. The van der Waals surface area contributed by atoms with Gasteiger partial charge < -0.3 is 20.3 Å². The fraction of sp³-hybridized carbons (Fsp3) is 0.429. The van der Waals surface area contributed by atoms with Gasteiger partial charge in [0.1, 0.15) is 18.9 Å². The lowest BCUT2D eigenvalue weighted by Gasteiger charge is -2.14. The Labute approximate surface area is 129 Å². The molecule has 0 heterocycles. The molecule has 1 aromatic rings. The molecule has 0 aromatic heterocycles. The quantitative estimate of drug-likeness (QED) is 0.582. The molecular weight excluding hydrogens is 294 g/mol. The van der Waals surface area contributed by atoms with Gasteiger partial charge in [-0.25, -0.2) is 0 Å². The number of benzene rings is 1. The lowest BCUT2D eigenvalue weighted by atomic mass is 10.3. The van der Waals surface area contributed by atoms with E-state index in [-0.39, 0.29) is 18.4 Å². The molecule has 2 amide bonds. The first-order valence-electron chi connectivity index (χ1n) is 6.68. The van der Waals surface area contributed by atoms with E-state index in [0.717, 1.165) is 10.6 Å². The Morgan fingerprint density at radius 2 is 1.90 bits per heavy atom. The number of halogens is 1. The van der Waals surface area contributed by atoms with Gasteiger partial charge in [-0.2, -0.15) is 0 Å². The van der Waals surface area contributed by atoms with Crippen molar-refractivity contribution in [2.75, 3.05) is 40.3 Å². The maximum absolute atomic E-state index is 11.6. The van der Waals surface area contributed by atoms with Gasteiger partial charge in [0.05, 0.1) is 13.6 Å². The van der Waals surface area contributed by atoms with E-state index in [1.165, 1.54) is 7.05 Å². The molecule has 6 nitrogen and oxygen atoms in total. The highest BCUT2D eigenvalue weighted by atomic mass is 35.5. The number of nitrogens with one attached hydrogen (secondary N) is 3. The van der Waals surface area contributed by atoms with Crippen molar-refractivity contribution >= 4 is 23.4 Å². The highest BCUT2D eigenvalue weighted by molar-refractivity contribution is 6.30. The molecule has 0 bridgehead atoms. The minimum atomic E-state index is -0.216. The van der Waals surface area contributed by atoms with Crippen LogP contribution in [0.3, 0.4) is 0 Å². The first-order valence-corrected chi connectivity index (χ1v) is 7.06. The normalized spacial score (nSPS) is 11.6. The van der Waals surface area contributed by atoms with Crippen LogP contribution in [0, 0.1) is 0 Å². The number of rotatable bonds is 8. The van der Waals surface area contributed by atoms with Gasteiger partial charge in [0.2, 0.25) is 5.91 Å². The zero-order valence-electron chi connectivity index (χ0n) is 12.2. The average molecular weight is 315 g/mol. The van der Waals surface area contributed by atoms with Crippen molar-refractivity contribution in [3.05, 3.63) is 29.3 Å². The molecule has 0 aliphatic heterocycles. The van der Waals surface area contributed by atoms with Crippen LogP contribution in [0.4, 0.5) is 0 Å². The van der Waals surface area contributed by atoms with E-state index < -0.39 is 0 Å². The zero-order valence-corrected chi connectivity index (χ0v) is 13.0. The van der Waals surface area contributed by atoms with Crippen LogP contribution in [0.5, 0.6) is 5.75 Å². The summed E-state index contributed by atoms with van der Waals surface area (Å²) in [5.74, 6) is 0.367. The molecule has 0 aliphatic carbocycles. The summed E-state index contributed by atoms with van der Waals surface area (Å²) >= 11 is 5.78. The lowest BCUT2D eigenvalue weighted by molar-refractivity contribution is -0.871. The second-order valence-electron chi connectivity index (χ2n) is 4.64. The number of carbonyl (C=O) groups excluding carboxylic acids is 2.